The van der Waals surface area contributed by atoms with Crippen LogP contribution in [0, 0.1) is 0 Å². The van der Waals surface area contributed by atoms with Crippen molar-refractivity contribution in [2.75, 3.05) is 33.4 Å². The Morgan fingerprint density at radius 1 is 1.54 bits per heavy atom. The molecule has 3 heteroatoms. The molecule has 78 valence electrons. The molecular formula is C10H22N2O. The fourth-order valence-electron chi connectivity index (χ4n) is 1.65. The molecule has 0 aromatic carbocycles. The minimum atomic E-state index is 0.198. The van der Waals surface area contributed by atoms with Crippen molar-refractivity contribution in [1.82, 2.24) is 10.2 Å². The molecule has 1 saturated heterocycles. The monoisotopic (exact) mass is 186 g/mol. The van der Waals surface area contributed by atoms with E-state index in [0.29, 0.717) is 6.04 Å². The number of morpholine rings is 1. The Bertz CT molecular complexity index is 159. The Morgan fingerprint density at radius 2 is 2.23 bits per heavy atom. The van der Waals surface area contributed by atoms with Crippen LogP contribution in [0.25, 0.3) is 0 Å². The Kier molecular flexibility index (Phi) is 3.71. The molecule has 1 N–H and O–H groups in total. The van der Waals surface area contributed by atoms with E-state index in [1.807, 2.05) is 7.05 Å². The molecule has 1 fully saturated rings. The van der Waals surface area contributed by atoms with Gasteiger partial charge < -0.3 is 10.1 Å². The molecule has 1 heterocycles. The first-order chi connectivity index (χ1) is 6.06. The Morgan fingerprint density at radius 3 is 2.77 bits per heavy atom. The van der Waals surface area contributed by atoms with Crippen LogP contribution < -0.4 is 5.32 Å². The molecule has 1 aliphatic rings. The summed E-state index contributed by atoms with van der Waals surface area (Å²) in [6, 6.07) is 0.553. The molecule has 1 atom stereocenters. The van der Waals surface area contributed by atoms with Crippen LogP contribution in [0.5, 0.6) is 0 Å². The van der Waals surface area contributed by atoms with Crippen molar-refractivity contribution in [2.45, 2.75) is 32.4 Å². The molecule has 1 aliphatic heterocycles. The average molecular weight is 186 g/mol. The second kappa shape index (κ2) is 4.40. The standard InChI is InChI=1S/C10H22N2O/c1-9(11-4)7-12-5-6-13-8-10(12,2)3/h9,11H,5-8H2,1-4H3. The minimum Gasteiger partial charge on any atom is -0.378 e. The van der Waals surface area contributed by atoms with Crippen LogP contribution in [-0.2, 0) is 4.74 Å². The third-order valence-electron chi connectivity index (χ3n) is 2.80. The van der Waals surface area contributed by atoms with Crippen LogP contribution in [0.4, 0.5) is 0 Å². The van der Waals surface area contributed by atoms with E-state index in [1.54, 1.807) is 0 Å². The third kappa shape index (κ3) is 2.93. The summed E-state index contributed by atoms with van der Waals surface area (Å²) in [5.74, 6) is 0. The van der Waals surface area contributed by atoms with E-state index in [0.717, 1.165) is 26.3 Å². The van der Waals surface area contributed by atoms with Crippen molar-refractivity contribution in [3.05, 3.63) is 0 Å². The van der Waals surface area contributed by atoms with Crippen LogP contribution >= 0.6 is 0 Å². The van der Waals surface area contributed by atoms with Gasteiger partial charge in [0.1, 0.15) is 0 Å². The summed E-state index contributed by atoms with van der Waals surface area (Å²) in [6.45, 7) is 10.6. The van der Waals surface area contributed by atoms with E-state index in [-0.39, 0.29) is 5.54 Å². The molecule has 0 spiro atoms. The second-order valence-corrected chi connectivity index (χ2v) is 4.50. The molecule has 0 amide bonds. The first-order valence-electron chi connectivity index (χ1n) is 5.06. The van der Waals surface area contributed by atoms with Gasteiger partial charge in [0.05, 0.1) is 13.2 Å². The topological polar surface area (TPSA) is 24.5 Å². The molecule has 1 rings (SSSR count). The summed E-state index contributed by atoms with van der Waals surface area (Å²) in [5.41, 5.74) is 0.198. The van der Waals surface area contributed by atoms with Gasteiger partial charge in [0.2, 0.25) is 0 Å². The summed E-state index contributed by atoms with van der Waals surface area (Å²) in [6.07, 6.45) is 0. The zero-order chi connectivity index (χ0) is 9.90. The highest BCUT2D eigenvalue weighted by molar-refractivity contribution is 4.85. The molecule has 3 nitrogen and oxygen atoms in total. The lowest BCUT2D eigenvalue weighted by atomic mass is 10.0. The lowest BCUT2D eigenvalue weighted by molar-refractivity contribution is -0.0534. The van der Waals surface area contributed by atoms with Crippen molar-refractivity contribution in [3.63, 3.8) is 0 Å². The molecule has 0 saturated carbocycles. The van der Waals surface area contributed by atoms with E-state index in [1.165, 1.54) is 0 Å². The third-order valence-corrected chi connectivity index (χ3v) is 2.80. The van der Waals surface area contributed by atoms with E-state index in [4.69, 9.17) is 4.74 Å². The normalized spacial score (nSPS) is 25.8. The predicted octanol–water partition coefficient (Wildman–Crippen LogP) is 0.705. The van der Waals surface area contributed by atoms with Crippen LogP contribution in [0.2, 0.25) is 0 Å². The van der Waals surface area contributed by atoms with Crippen molar-refractivity contribution < 1.29 is 4.74 Å². The maximum atomic E-state index is 5.47. The molecule has 0 aromatic rings. The molecule has 1 unspecified atom stereocenters. The average Bonchev–Trinajstić information content (AvgIpc) is 2.08. The van der Waals surface area contributed by atoms with Crippen molar-refractivity contribution in [3.8, 4) is 0 Å². The number of hydrogen-bond acceptors (Lipinski definition) is 3. The smallest absolute Gasteiger partial charge is 0.0645 e. The van der Waals surface area contributed by atoms with Gasteiger partial charge in [-0.15, -0.1) is 0 Å². The molecular weight excluding hydrogens is 164 g/mol. The zero-order valence-corrected chi connectivity index (χ0v) is 9.26. The summed E-state index contributed by atoms with van der Waals surface area (Å²) in [4.78, 5) is 2.50. The van der Waals surface area contributed by atoms with Gasteiger partial charge in [-0.3, -0.25) is 4.90 Å². The van der Waals surface area contributed by atoms with Gasteiger partial charge >= 0.3 is 0 Å². The van der Waals surface area contributed by atoms with E-state index >= 15 is 0 Å². The molecule has 0 radical (unpaired) electrons. The van der Waals surface area contributed by atoms with Crippen molar-refractivity contribution in [2.24, 2.45) is 0 Å². The largest absolute Gasteiger partial charge is 0.378 e. The molecule has 0 aromatic heterocycles. The SMILES string of the molecule is CNC(C)CN1CCOCC1(C)C. The van der Waals surface area contributed by atoms with E-state index in [2.05, 4.69) is 31.0 Å². The molecule has 13 heavy (non-hydrogen) atoms. The van der Waals surface area contributed by atoms with Crippen LogP contribution in [-0.4, -0.2) is 49.8 Å². The Balaban J connectivity index is 2.46. The number of rotatable bonds is 3. The van der Waals surface area contributed by atoms with Gasteiger partial charge in [-0.1, -0.05) is 0 Å². The Labute approximate surface area is 81.4 Å². The van der Waals surface area contributed by atoms with Crippen molar-refractivity contribution in [1.29, 1.82) is 0 Å². The highest BCUT2D eigenvalue weighted by Crippen LogP contribution is 2.18. The fourth-order valence-corrected chi connectivity index (χ4v) is 1.65. The molecule has 0 aliphatic carbocycles. The zero-order valence-electron chi connectivity index (χ0n) is 9.26. The van der Waals surface area contributed by atoms with Crippen LogP contribution in [0.3, 0.4) is 0 Å². The highest BCUT2D eigenvalue weighted by Gasteiger charge is 2.30. The van der Waals surface area contributed by atoms with Gasteiger partial charge in [-0.25, -0.2) is 0 Å². The maximum absolute atomic E-state index is 5.47. The fraction of sp³-hybridized carbons (Fsp3) is 1.00. The molecule has 0 bridgehead atoms. The van der Waals surface area contributed by atoms with Gasteiger partial charge in [0, 0.05) is 24.7 Å². The maximum Gasteiger partial charge on any atom is 0.0645 e. The van der Waals surface area contributed by atoms with Crippen molar-refractivity contribution >= 4 is 0 Å². The second-order valence-electron chi connectivity index (χ2n) is 4.50. The number of nitrogens with one attached hydrogen (secondary N) is 1. The summed E-state index contributed by atoms with van der Waals surface area (Å²) in [5, 5.41) is 3.27. The summed E-state index contributed by atoms with van der Waals surface area (Å²) >= 11 is 0. The minimum absolute atomic E-state index is 0.198. The van der Waals surface area contributed by atoms with E-state index < -0.39 is 0 Å². The number of nitrogens with zero attached hydrogens (tertiary/aromatic N) is 1. The lowest BCUT2D eigenvalue weighted by Crippen LogP contribution is -2.56. The first-order valence-corrected chi connectivity index (χ1v) is 5.06. The predicted molar refractivity (Wildman–Crippen MR) is 55.0 cm³/mol. The van der Waals surface area contributed by atoms with Crippen LogP contribution in [0.15, 0.2) is 0 Å². The quantitative estimate of drug-likeness (QED) is 0.702. The van der Waals surface area contributed by atoms with E-state index in [9.17, 15) is 0 Å². The lowest BCUT2D eigenvalue weighted by Gasteiger charge is -2.43. The summed E-state index contributed by atoms with van der Waals surface area (Å²) < 4.78 is 5.47. The number of ether oxygens (including phenoxy) is 1. The Hall–Kier alpha value is -0.120. The summed E-state index contributed by atoms with van der Waals surface area (Å²) in [7, 11) is 2.01. The number of likely N-dealkylation sites (N-methyl/N-ethyl adjacent to an activating group) is 1. The van der Waals surface area contributed by atoms with Crippen LogP contribution in [0.1, 0.15) is 20.8 Å². The highest BCUT2D eigenvalue weighted by atomic mass is 16.5. The van der Waals surface area contributed by atoms with Gasteiger partial charge in [-0.05, 0) is 27.8 Å². The first kappa shape index (κ1) is 11.0. The van der Waals surface area contributed by atoms with Gasteiger partial charge in [-0.2, -0.15) is 0 Å². The van der Waals surface area contributed by atoms with Gasteiger partial charge in [0.25, 0.3) is 0 Å². The number of hydrogen-bond donors (Lipinski definition) is 1. The van der Waals surface area contributed by atoms with Gasteiger partial charge in [0.15, 0.2) is 0 Å².